The molecule has 2 aromatic rings. The van der Waals surface area contributed by atoms with Crippen LogP contribution in [0.1, 0.15) is 27.9 Å². The number of pyridine rings is 1. The van der Waals surface area contributed by atoms with Crippen LogP contribution in [-0.2, 0) is 0 Å². The molecule has 0 amide bonds. The van der Waals surface area contributed by atoms with Gasteiger partial charge in [-0.2, -0.15) is 0 Å². The number of aromatic nitrogens is 2. The predicted octanol–water partition coefficient (Wildman–Crippen LogP) is 3.01. The highest BCUT2D eigenvalue weighted by molar-refractivity contribution is 6.44. The van der Waals surface area contributed by atoms with Gasteiger partial charge in [0.05, 0.1) is 0 Å². The summed E-state index contributed by atoms with van der Waals surface area (Å²) < 4.78 is 1.69. The molecule has 0 fully saturated rings. The van der Waals surface area contributed by atoms with Crippen LogP contribution in [0.4, 0.5) is 0 Å². The Morgan fingerprint density at radius 2 is 2.20 bits per heavy atom. The first-order valence-corrected chi connectivity index (χ1v) is 5.24. The van der Waals surface area contributed by atoms with E-state index in [2.05, 4.69) is 4.98 Å². The standard InChI is InChI=1S/C10H8Cl2N2O/c1-6(15)9-8(10(11)12)13-7-4-2-3-5-14(7)9/h2-5,10H,1H3. The SMILES string of the molecule is CC(=O)c1c(C(Cl)Cl)nc2ccccn12. The molecule has 0 radical (unpaired) electrons. The van der Waals surface area contributed by atoms with Crippen molar-refractivity contribution in [2.45, 2.75) is 11.8 Å². The van der Waals surface area contributed by atoms with Crippen LogP contribution < -0.4 is 0 Å². The van der Waals surface area contributed by atoms with Crippen LogP contribution in [0.15, 0.2) is 24.4 Å². The summed E-state index contributed by atoms with van der Waals surface area (Å²) in [5, 5.41) is 0. The summed E-state index contributed by atoms with van der Waals surface area (Å²) in [6.07, 6.45) is 1.76. The fourth-order valence-corrected chi connectivity index (χ4v) is 1.82. The van der Waals surface area contributed by atoms with Gasteiger partial charge in [-0.05, 0) is 12.1 Å². The second-order valence-electron chi connectivity index (χ2n) is 3.13. The molecule has 0 unspecified atom stereocenters. The molecule has 0 aliphatic heterocycles. The number of halogens is 2. The maximum absolute atomic E-state index is 11.5. The first-order chi connectivity index (χ1) is 7.11. The number of carbonyl (C=O) groups excluding carboxylic acids is 1. The average Bonchev–Trinajstić information content (AvgIpc) is 2.56. The Balaban J connectivity index is 2.80. The smallest absolute Gasteiger partial charge is 0.178 e. The third-order valence-electron chi connectivity index (χ3n) is 2.10. The molecule has 0 N–H and O–H groups in total. The molecule has 0 saturated heterocycles. The topological polar surface area (TPSA) is 34.4 Å². The molecule has 3 nitrogen and oxygen atoms in total. The van der Waals surface area contributed by atoms with E-state index in [0.717, 1.165) is 0 Å². The highest BCUT2D eigenvalue weighted by Crippen LogP contribution is 2.28. The number of hydrogen-bond donors (Lipinski definition) is 0. The molecule has 5 heteroatoms. The lowest BCUT2D eigenvalue weighted by atomic mass is 10.2. The lowest BCUT2D eigenvalue weighted by Crippen LogP contribution is -2.02. The summed E-state index contributed by atoms with van der Waals surface area (Å²) in [5.41, 5.74) is 1.53. The molecule has 0 aliphatic rings. The summed E-state index contributed by atoms with van der Waals surface area (Å²) in [7, 11) is 0. The van der Waals surface area contributed by atoms with Crippen molar-refractivity contribution in [2.75, 3.05) is 0 Å². The van der Waals surface area contributed by atoms with Crippen LogP contribution in [0.25, 0.3) is 5.65 Å². The van der Waals surface area contributed by atoms with Gasteiger partial charge in [0.25, 0.3) is 0 Å². The molecule has 15 heavy (non-hydrogen) atoms. The first kappa shape index (κ1) is 10.5. The van der Waals surface area contributed by atoms with Gasteiger partial charge in [0.1, 0.15) is 17.0 Å². The van der Waals surface area contributed by atoms with Gasteiger partial charge in [-0.25, -0.2) is 4.98 Å². The van der Waals surface area contributed by atoms with E-state index in [1.807, 2.05) is 12.1 Å². The maximum Gasteiger partial charge on any atom is 0.178 e. The van der Waals surface area contributed by atoms with E-state index in [0.29, 0.717) is 17.0 Å². The number of rotatable bonds is 2. The van der Waals surface area contributed by atoms with Gasteiger partial charge in [0.15, 0.2) is 10.6 Å². The molecule has 0 aliphatic carbocycles. The Bertz CT molecular complexity index is 519. The summed E-state index contributed by atoms with van der Waals surface area (Å²) in [6.45, 7) is 1.47. The Labute approximate surface area is 96.6 Å². The van der Waals surface area contributed by atoms with Crippen LogP contribution in [-0.4, -0.2) is 15.2 Å². The predicted molar refractivity (Wildman–Crippen MR) is 59.6 cm³/mol. The average molecular weight is 243 g/mol. The molecule has 78 valence electrons. The van der Waals surface area contributed by atoms with Crippen molar-refractivity contribution >= 4 is 34.6 Å². The van der Waals surface area contributed by atoms with Gasteiger partial charge in [-0.1, -0.05) is 29.3 Å². The van der Waals surface area contributed by atoms with E-state index >= 15 is 0 Å². The molecule has 0 atom stereocenters. The third-order valence-corrected chi connectivity index (χ3v) is 2.51. The van der Waals surface area contributed by atoms with Crippen molar-refractivity contribution in [2.24, 2.45) is 0 Å². The minimum absolute atomic E-state index is 0.102. The van der Waals surface area contributed by atoms with Crippen molar-refractivity contribution in [1.82, 2.24) is 9.38 Å². The van der Waals surface area contributed by atoms with Crippen molar-refractivity contribution < 1.29 is 4.79 Å². The van der Waals surface area contributed by atoms with Gasteiger partial charge < -0.3 is 0 Å². The largest absolute Gasteiger partial charge is 0.297 e. The molecule has 2 heterocycles. The van der Waals surface area contributed by atoms with Crippen molar-refractivity contribution in [1.29, 1.82) is 0 Å². The number of ketones is 1. The van der Waals surface area contributed by atoms with Gasteiger partial charge >= 0.3 is 0 Å². The van der Waals surface area contributed by atoms with Crippen molar-refractivity contribution in [3.8, 4) is 0 Å². The van der Waals surface area contributed by atoms with E-state index in [-0.39, 0.29) is 5.78 Å². The Kier molecular flexibility index (Phi) is 2.67. The summed E-state index contributed by atoms with van der Waals surface area (Å²) >= 11 is 11.5. The van der Waals surface area contributed by atoms with Crippen molar-refractivity contribution in [3.05, 3.63) is 35.8 Å². The highest BCUT2D eigenvalue weighted by atomic mass is 35.5. The van der Waals surface area contributed by atoms with Crippen molar-refractivity contribution in [3.63, 3.8) is 0 Å². The number of Topliss-reactive ketones (excluding diaryl/α,β-unsaturated/α-hetero) is 1. The van der Waals surface area contributed by atoms with Crippen LogP contribution in [0.3, 0.4) is 0 Å². The molecule has 0 saturated carbocycles. The number of hydrogen-bond acceptors (Lipinski definition) is 2. The Morgan fingerprint density at radius 3 is 2.80 bits per heavy atom. The van der Waals surface area contributed by atoms with Gasteiger partial charge in [0.2, 0.25) is 0 Å². The summed E-state index contributed by atoms with van der Waals surface area (Å²) in [5.74, 6) is -0.102. The monoisotopic (exact) mass is 242 g/mol. The molecule has 0 bridgehead atoms. The van der Waals surface area contributed by atoms with Crippen LogP contribution in [0, 0.1) is 0 Å². The first-order valence-electron chi connectivity index (χ1n) is 4.37. The summed E-state index contributed by atoms with van der Waals surface area (Å²) in [4.78, 5) is 14.9. The number of fused-ring (bicyclic) bond motifs is 1. The molecular formula is C10H8Cl2N2O. The lowest BCUT2D eigenvalue weighted by molar-refractivity contribution is 0.101. The normalized spacial score (nSPS) is 11.2. The zero-order valence-corrected chi connectivity index (χ0v) is 9.46. The van der Waals surface area contributed by atoms with E-state index in [1.54, 1.807) is 16.7 Å². The Morgan fingerprint density at radius 1 is 1.47 bits per heavy atom. The summed E-state index contributed by atoms with van der Waals surface area (Å²) in [6, 6.07) is 5.46. The molecule has 2 rings (SSSR count). The second kappa shape index (κ2) is 3.83. The maximum atomic E-state index is 11.5. The number of alkyl halides is 2. The second-order valence-corrected chi connectivity index (χ2v) is 4.23. The molecule has 0 spiro atoms. The minimum Gasteiger partial charge on any atom is -0.297 e. The van der Waals surface area contributed by atoms with Gasteiger partial charge in [-0.3, -0.25) is 9.20 Å². The van der Waals surface area contributed by atoms with E-state index < -0.39 is 4.84 Å². The molecular weight excluding hydrogens is 235 g/mol. The van der Waals surface area contributed by atoms with E-state index in [1.165, 1.54) is 6.92 Å². The fourth-order valence-electron chi connectivity index (χ4n) is 1.52. The molecule has 0 aromatic carbocycles. The van der Waals surface area contributed by atoms with E-state index in [9.17, 15) is 4.79 Å². The van der Waals surface area contributed by atoms with Crippen LogP contribution in [0.2, 0.25) is 0 Å². The quantitative estimate of drug-likeness (QED) is 0.600. The number of imidazole rings is 1. The van der Waals surface area contributed by atoms with Crippen LogP contribution in [0.5, 0.6) is 0 Å². The Hall–Kier alpha value is -1.06. The number of carbonyl (C=O) groups is 1. The molecule has 2 aromatic heterocycles. The van der Waals surface area contributed by atoms with Gasteiger partial charge in [0, 0.05) is 13.1 Å². The third kappa shape index (κ3) is 1.73. The zero-order valence-electron chi connectivity index (χ0n) is 7.95. The zero-order chi connectivity index (χ0) is 11.0. The minimum atomic E-state index is -0.788. The number of nitrogens with zero attached hydrogens (tertiary/aromatic N) is 2. The fraction of sp³-hybridized carbons (Fsp3) is 0.200. The highest BCUT2D eigenvalue weighted by Gasteiger charge is 2.20. The van der Waals surface area contributed by atoms with Crippen LogP contribution >= 0.6 is 23.2 Å². The van der Waals surface area contributed by atoms with E-state index in [4.69, 9.17) is 23.2 Å². The van der Waals surface area contributed by atoms with Gasteiger partial charge in [-0.15, -0.1) is 0 Å². The lowest BCUT2D eigenvalue weighted by Gasteiger charge is -2.00.